The number of aryl methyl sites for hydroxylation is 2. The fourth-order valence-corrected chi connectivity index (χ4v) is 2.98. The fraction of sp³-hybridized carbons (Fsp3) is 0.583. The van der Waals surface area contributed by atoms with E-state index in [-0.39, 0.29) is 11.9 Å². The number of hydrogen-bond donors (Lipinski definition) is 1. The summed E-state index contributed by atoms with van der Waals surface area (Å²) in [5.41, 5.74) is 0.968. The van der Waals surface area contributed by atoms with Gasteiger partial charge in [-0.2, -0.15) is 5.21 Å². The van der Waals surface area contributed by atoms with E-state index >= 15 is 0 Å². The first-order valence-electron chi connectivity index (χ1n) is 6.75. The third-order valence-electron chi connectivity index (χ3n) is 3.37. The van der Waals surface area contributed by atoms with Crippen molar-refractivity contribution in [2.24, 2.45) is 0 Å². The Kier molecular flexibility index (Phi) is 4.20. The first-order chi connectivity index (χ1) is 10.2. The maximum absolute atomic E-state index is 12.4. The van der Waals surface area contributed by atoms with Crippen molar-refractivity contribution in [2.45, 2.75) is 25.8 Å². The third-order valence-corrected chi connectivity index (χ3v) is 4.19. The largest absolute Gasteiger partial charge is 0.377 e. The smallest absolute Gasteiger partial charge is 0.223 e. The zero-order valence-electron chi connectivity index (χ0n) is 11.7. The number of carbonyl (C=O) groups is 1. The number of tetrazole rings is 1. The molecule has 1 fully saturated rings. The number of morpholine rings is 1. The molecule has 112 valence electrons. The van der Waals surface area contributed by atoms with Crippen LogP contribution in [0, 0.1) is 6.92 Å². The summed E-state index contributed by atoms with van der Waals surface area (Å²) in [4.78, 5) is 18.6. The van der Waals surface area contributed by atoms with Crippen molar-refractivity contribution in [3.05, 3.63) is 21.9 Å². The Hall–Kier alpha value is -1.87. The lowest BCUT2D eigenvalue weighted by Crippen LogP contribution is -2.44. The Morgan fingerprint density at radius 3 is 3.24 bits per heavy atom. The Bertz CT molecular complexity index is 599. The van der Waals surface area contributed by atoms with Gasteiger partial charge >= 0.3 is 0 Å². The summed E-state index contributed by atoms with van der Waals surface area (Å²) in [7, 11) is 0. The van der Waals surface area contributed by atoms with Gasteiger partial charge in [0.1, 0.15) is 6.04 Å². The second-order valence-corrected chi connectivity index (χ2v) is 5.87. The molecule has 3 rings (SSSR count). The molecule has 21 heavy (non-hydrogen) atoms. The minimum Gasteiger partial charge on any atom is -0.377 e. The predicted octanol–water partition coefficient (Wildman–Crippen LogP) is 0.497. The molecule has 0 aromatic carbocycles. The van der Waals surface area contributed by atoms with E-state index < -0.39 is 0 Å². The van der Waals surface area contributed by atoms with E-state index in [1.807, 2.05) is 12.3 Å². The molecule has 1 aliphatic rings. The maximum Gasteiger partial charge on any atom is 0.223 e. The maximum atomic E-state index is 12.4. The van der Waals surface area contributed by atoms with E-state index in [0.29, 0.717) is 38.4 Å². The molecule has 1 atom stereocenters. The number of amides is 1. The van der Waals surface area contributed by atoms with Crippen LogP contribution in [-0.2, 0) is 16.0 Å². The summed E-state index contributed by atoms with van der Waals surface area (Å²) in [5.74, 6) is 0.561. The Morgan fingerprint density at radius 1 is 1.62 bits per heavy atom. The van der Waals surface area contributed by atoms with Crippen molar-refractivity contribution in [1.29, 1.82) is 0 Å². The number of thiazole rings is 1. The van der Waals surface area contributed by atoms with Crippen LogP contribution in [0.25, 0.3) is 0 Å². The van der Waals surface area contributed by atoms with Crippen LogP contribution in [-0.4, -0.2) is 56.2 Å². The van der Waals surface area contributed by atoms with Crippen molar-refractivity contribution in [1.82, 2.24) is 30.5 Å². The molecular weight excluding hydrogens is 292 g/mol. The summed E-state index contributed by atoms with van der Waals surface area (Å²) in [6, 6.07) is -0.262. The van der Waals surface area contributed by atoms with E-state index in [4.69, 9.17) is 4.74 Å². The molecule has 3 heterocycles. The van der Waals surface area contributed by atoms with E-state index in [0.717, 1.165) is 10.7 Å². The number of H-pyrrole nitrogens is 1. The minimum absolute atomic E-state index is 0.0683. The highest BCUT2D eigenvalue weighted by atomic mass is 32.1. The molecule has 0 bridgehead atoms. The van der Waals surface area contributed by atoms with Crippen LogP contribution in [0.3, 0.4) is 0 Å². The molecule has 0 saturated carbocycles. The SMILES string of the molecule is Cc1nc(CCC(=O)N2CCOCC2c2nn[nH]n2)cs1. The molecular formula is C12H16N6O2S. The number of ether oxygens (including phenoxy) is 1. The van der Waals surface area contributed by atoms with Crippen LogP contribution < -0.4 is 0 Å². The molecule has 1 aliphatic heterocycles. The highest BCUT2D eigenvalue weighted by Gasteiger charge is 2.31. The monoisotopic (exact) mass is 308 g/mol. The summed E-state index contributed by atoms with van der Waals surface area (Å²) in [6.07, 6.45) is 1.08. The van der Waals surface area contributed by atoms with E-state index in [9.17, 15) is 4.79 Å². The van der Waals surface area contributed by atoms with Gasteiger partial charge in [-0.05, 0) is 13.3 Å². The predicted molar refractivity (Wildman–Crippen MR) is 74.6 cm³/mol. The molecule has 1 amide bonds. The molecule has 1 unspecified atom stereocenters. The molecule has 8 nitrogen and oxygen atoms in total. The van der Waals surface area contributed by atoms with Crippen LogP contribution in [0.15, 0.2) is 5.38 Å². The van der Waals surface area contributed by atoms with Crippen molar-refractivity contribution in [2.75, 3.05) is 19.8 Å². The van der Waals surface area contributed by atoms with Gasteiger partial charge in [0.25, 0.3) is 0 Å². The van der Waals surface area contributed by atoms with Crippen molar-refractivity contribution in [3.63, 3.8) is 0 Å². The highest BCUT2D eigenvalue weighted by molar-refractivity contribution is 7.09. The van der Waals surface area contributed by atoms with Gasteiger partial charge in [-0.25, -0.2) is 4.98 Å². The molecule has 0 spiro atoms. The number of aromatic amines is 1. The third kappa shape index (κ3) is 3.24. The lowest BCUT2D eigenvalue weighted by molar-refractivity contribution is -0.140. The van der Waals surface area contributed by atoms with Crippen LogP contribution in [0.1, 0.15) is 29.0 Å². The van der Waals surface area contributed by atoms with Crippen LogP contribution in [0.5, 0.6) is 0 Å². The fourth-order valence-electron chi connectivity index (χ4n) is 2.33. The average molecular weight is 308 g/mol. The molecule has 2 aromatic heterocycles. The summed E-state index contributed by atoms with van der Waals surface area (Å²) < 4.78 is 5.43. The van der Waals surface area contributed by atoms with Gasteiger partial charge < -0.3 is 9.64 Å². The molecule has 2 aromatic rings. The second-order valence-electron chi connectivity index (χ2n) is 4.81. The standard InChI is InChI=1S/C12H16N6O2S/c1-8-13-9(7-21-8)2-3-11(19)18-4-5-20-6-10(18)12-14-16-17-15-12/h7,10H,2-6H2,1H3,(H,14,15,16,17). The number of hydrogen-bond acceptors (Lipinski definition) is 7. The number of nitrogens with one attached hydrogen (secondary N) is 1. The van der Waals surface area contributed by atoms with E-state index in [1.54, 1.807) is 16.2 Å². The van der Waals surface area contributed by atoms with Crippen molar-refractivity contribution >= 4 is 17.2 Å². The quantitative estimate of drug-likeness (QED) is 0.883. The van der Waals surface area contributed by atoms with Crippen LogP contribution in [0.2, 0.25) is 0 Å². The summed E-state index contributed by atoms with van der Waals surface area (Å²) >= 11 is 1.60. The molecule has 1 N–H and O–H groups in total. The normalized spacial score (nSPS) is 18.9. The van der Waals surface area contributed by atoms with E-state index in [2.05, 4.69) is 25.6 Å². The lowest BCUT2D eigenvalue weighted by Gasteiger charge is -2.33. The number of nitrogens with zero attached hydrogens (tertiary/aromatic N) is 5. The zero-order chi connectivity index (χ0) is 14.7. The van der Waals surface area contributed by atoms with E-state index in [1.165, 1.54) is 0 Å². The number of aromatic nitrogens is 5. The van der Waals surface area contributed by atoms with Gasteiger partial charge in [0, 0.05) is 18.3 Å². The Balaban J connectivity index is 1.64. The van der Waals surface area contributed by atoms with Gasteiger partial charge in [-0.3, -0.25) is 4.79 Å². The van der Waals surface area contributed by atoms with Gasteiger partial charge in [0.2, 0.25) is 5.91 Å². The summed E-state index contributed by atoms with van der Waals surface area (Å²) in [5, 5.41) is 16.9. The van der Waals surface area contributed by atoms with Crippen molar-refractivity contribution < 1.29 is 9.53 Å². The van der Waals surface area contributed by atoms with Gasteiger partial charge in [0.15, 0.2) is 5.82 Å². The summed E-state index contributed by atoms with van der Waals surface area (Å²) in [6.45, 7) is 3.45. The molecule has 0 radical (unpaired) electrons. The second kappa shape index (κ2) is 6.27. The van der Waals surface area contributed by atoms with Crippen LogP contribution in [0.4, 0.5) is 0 Å². The molecule has 0 aliphatic carbocycles. The van der Waals surface area contributed by atoms with Crippen molar-refractivity contribution in [3.8, 4) is 0 Å². The topological polar surface area (TPSA) is 96.9 Å². The minimum atomic E-state index is -0.262. The number of carbonyl (C=O) groups excluding carboxylic acids is 1. The molecule has 1 saturated heterocycles. The van der Waals surface area contributed by atoms with Gasteiger partial charge in [-0.15, -0.1) is 21.5 Å². The molecule has 9 heteroatoms. The first-order valence-corrected chi connectivity index (χ1v) is 7.63. The Morgan fingerprint density at radius 2 is 2.52 bits per heavy atom. The zero-order valence-corrected chi connectivity index (χ0v) is 12.5. The highest BCUT2D eigenvalue weighted by Crippen LogP contribution is 2.22. The average Bonchev–Trinajstić information content (AvgIpc) is 3.16. The lowest BCUT2D eigenvalue weighted by atomic mass is 10.1. The van der Waals surface area contributed by atoms with Gasteiger partial charge in [-0.1, -0.05) is 5.21 Å². The Labute approximate surface area is 125 Å². The van der Waals surface area contributed by atoms with Gasteiger partial charge in [0.05, 0.1) is 23.9 Å². The van der Waals surface area contributed by atoms with Crippen LogP contribution >= 0.6 is 11.3 Å². The number of rotatable bonds is 4. The first kappa shape index (κ1) is 14.1.